The number of nitrogens with zero attached hydrogens (tertiary/aromatic N) is 2. The van der Waals surface area contributed by atoms with Gasteiger partial charge in [0.15, 0.2) is 5.78 Å². The average Bonchev–Trinajstić information content (AvgIpc) is 2.63. The SMILES string of the molecule is O=C(CN1CCN(S(=O)(=O)c2ccccc2)CC1)c1ccccc1. The number of ketones is 1. The summed E-state index contributed by atoms with van der Waals surface area (Å²) in [6.45, 7) is 2.25. The molecule has 3 rings (SSSR count). The van der Waals surface area contributed by atoms with Crippen LogP contribution >= 0.6 is 0 Å². The standard InChI is InChI=1S/C18H20N2O3S/c21-18(16-7-3-1-4-8-16)15-19-11-13-20(14-12-19)24(22,23)17-9-5-2-6-10-17/h1-10H,11-15H2. The van der Waals surface area contributed by atoms with Crippen molar-refractivity contribution in [3.8, 4) is 0 Å². The molecule has 0 spiro atoms. The molecule has 1 saturated heterocycles. The Bertz CT molecular complexity index is 784. The van der Waals surface area contributed by atoms with E-state index in [9.17, 15) is 13.2 Å². The van der Waals surface area contributed by atoms with Gasteiger partial charge in [0.25, 0.3) is 0 Å². The predicted octanol–water partition coefficient (Wildman–Crippen LogP) is 1.88. The van der Waals surface area contributed by atoms with Crippen molar-refractivity contribution in [3.63, 3.8) is 0 Å². The van der Waals surface area contributed by atoms with Gasteiger partial charge in [-0.15, -0.1) is 0 Å². The Hall–Kier alpha value is -2.02. The smallest absolute Gasteiger partial charge is 0.243 e. The van der Waals surface area contributed by atoms with E-state index in [1.807, 2.05) is 23.1 Å². The monoisotopic (exact) mass is 344 g/mol. The molecule has 0 bridgehead atoms. The first-order chi connectivity index (χ1) is 11.6. The first-order valence-electron chi connectivity index (χ1n) is 7.93. The average molecular weight is 344 g/mol. The molecule has 1 aliphatic heterocycles. The number of piperazine rings is 1. The molecule has 0 atom stereocenters. The van der Waals surface area contributed by atoms with Crippen molar-refractivity contribution in [2.75, 3.05) is 32.7 Å². The largest absolute Gasteiger partial charge is 0.293 e. The number of carbonyl (C=O) groups excluding carboxylic acids is 1. The van der Waals surface area contributed by atoms with E-state index in [0.717, 1.165) is 0 Å². The number of sulfonamides is 1. The van der Waals surface area contributed by atoms with Gasteiger partial charge in [-0.3, -0.25) is 9.69 Å². The van der Waals surface area contributed by atoms with Crippen LogP contribution in [0.1, 0.15) is 10.4 Å². The Morgan fingerprint density at radius 3 is 1.96 bits per heavy atom. The Labute approximate surface area is 142 Å². The fraction of sp³-hybridized carbons (Fsp3) is 0.278. The third-order valence-corrected chi connectivity index (χ3v) is 6.09. The molecular weight excluding hydrogens is 324 g/mol. The van der Waals surface area contributed by atoms with Crippen LogP contribution < -0.4 is 0 Å². The number of hydrogen-bond donors (Lipinski definition) is 0. The van der Waals surface area contributed by atoms with E-state index in [4.69, 9.17) is 0 Å². The lowest BCUT2D eigenvalue weighted by Gasteiger charge is -2.33. The van der Waals surface area contributed by atoms with Crippen LogP contribution in [0.4, 0.5) is 0 Å². The maximum absolute atomic E-state index is 12.6. The highest BCUT2D eigenvalue weighted by Crippen LogP contribution is 2.17. The second-order valence-corrected chi connectivity index (χ2v) is 7.72. The number of carbonyl (C=O) groups is 1. The Morgan fingerprint density at radius 2 is 1.38 bits per heavy atom. The van der Waals surface area contributed by atoms with Crippen LogP contribution in [0.5, 0.6) is 0 Å². The summed E-state index contributed by atoms with van der Waals surface area (Å²) in [5.41, 5.74) is 0.692. The summed E-state index contributed by atoms with van der Waals surface area (Å²) in [5.74, 6) is 0.0648. The summed E-state index contributed by atoms with van der Waals surface area (Å²) >= 11 is 0. The number of hydrogen-bond acceptors (Lipinski definition) is 4. The van der Waals surface area contributed by atoms with E-state index < -0.39 is 10.0 Å². The maximum atomic E-state index is 12.6. The number of Topliss-reactive ketones (excluding diaryl/α,β-unsaturated/α-hetero) is 1. The van der Waals surface area contributed by atoms with Gasteiger partial charge in [0.05, 0.1) is 11.4 Å². The lowest BCUT2D eigenvalue weighted by Crippen LogP contribution is -2.49. The quantitative estimate of drug-likeness (QED) is 0.777. The molecule has 2 aromatic rings. The Balaban J connectivity index is 1.59. The zero-order valence-electron chi connectivity index (χ0n) is 13.3. The molecule has 0 amide bonds. The van der Waals surface area contributed by atoms with Crippen LogP contribution in [0.15, 0.2) is 65.6 Å². The second-order valence-electron chi connectivity index (χ2n) is 5.78. The first kappa shape index (κ1) is 16.8. The maximum Gasteiger partial charge on any atom is 0.243 e. The topological polar surface area (TPSA) is 57.7 Å². The van der Waals surface area contributed by atoms with E-state index in [2.05, 4.69) is 0 Å². The van der Waals surface area contributed by atoms with Crippen LogP contribution in [0.25, 0.3) is 0 Å². The van der Waals surface area contributed by atoms with Gasteiger partial charge in [0.1, 0.15) is 0 Å². The molecule has 0 N–H and O–H groups in total. The zero-order valence-corrected chi connectivity index (χ0v) is 14.2. The summed E-state index contributed by atoms with van der Waals surface area (Å²) in [6.07, 6.45) is 0. The third-order valence-electron chi connectivity index (χ3n) is 4.18. The first-order valence-corrected chi connectivity index (χ1v) is 9.37. The third kappa shape index (κ3) is 3.72. The van der Waals surface area contributed by atoms with Gasteiger partial charge in [-0.2, -0.15) is 4.31 Å². The van der Waals surface area contributed by atoms with Crippen molar-refractivity contribution in [3.05, 3.63) is 66.2 Å². The van der Waals surface area contributed by atoms with Crippen LogP contribution in [0, 0.1) is 0 Å². The minimum Gasteiger partial charge on any atom is -0.293 e. The molecule has 2 aromatic carbocycles. The van der Waals surface area contributed by atoms with Gasteiger partial charge in [-0.05, 0) is 12.1 Å². The highest BCUT2D eigenvalue weighted by Gasteiger charge is 2.28. The molecule has 0 saturated carbocycles. The van der Waals surface area contributed by atoms with Gasteiger partial charge in [-0.25, -0.2) is 8.42 Å². The van der Waals surface area contributed by atoms with Crippen molar-refractivity contribution in [1.82, 2.24) is 9.21 Å². The van der Waals surface area contributed by atoms with Crippen molar-refractivity contribution in [2.45, 2.75) is 4.90 Å². The van der Waals surface area contributed by atoms with Gasteiger partial charge < -0.3 is 0 Å². The normalized spacial score (nSPS) is 16.8. The Kier molecular flexibility index (Phi) is 5.08. The van der Waals surface area contributed by atoms with Crippen molar-refractivity contribution >= 4 is 15.8 Å². The lowest BCUT2D eigenvalue weighted by atomic mass is 10.1. The predicted molar refractivity (Wildman–Crippen MR) is 92.4 cm³/mol. The molecule has 0 unspecified atom stereocenters. The van der Waals surface area contributed by atoms with E-state index >= 15 is 0 Å². The van der Waals surface area contributed by atoms with Crippen LogP contribution in [0.3, 0.4) is 0 Å². The zero-order chi connectivity index (χ0) is 17.0. The van der Waals surface area contributed by atoms with E-state index in [1.165, 1.54) is 4.31 Å². The minimum atomic E-state index is -3.44. The summed E-state index contributed by atoms with van der Waals surface area (Å²) in [6, 6.07) is 17.6. The molecule has 0 aromatic heterocycles. The van der Waals surface area contributed by atoms with Gasteiger partial charge in [0, 0.05) is 31.7 Å². The van der Waals surface area contributed by atoms with Crippen LogP contribution in [-0.2, 0) is 10.0 Å². The molecule has 1 fully saturated rings. The van der Waals surface area contributed by atoms with Crippen molar-refractivity contribution in [1.29, 1.82) is 0 Å². The van der Waals surface area contributed by atoms with Crippen molar-refractivity contribution in [2.24, 2.45) is 0 Å². The number of rotatable bonds is 5. The summed E-state index contributed by atoms with van der Waals surface area (Å²) in [5, 5.41) is 0. The fourth-order valence-electron chi connectivity index (χ4n) is 2.79. The summed E-state index contributed by atoms with van der Waals surface area (Å²) < 4.78 is 26.6. The molecule has 1 aliphatic rings. The fourth-order valence-corrected chi connectivity index (χ4v) is 4.23. The summed E-state index contributed by atoms with van der Waals surface area (Å²) in [4.78, 5) is 14.6. The minimum absolute atomic E-state index is 0.0648. The molecule has 0 aliphatic carbocycles. The highest BCUT2D eigenvalue weighted by atomic mass is 32.2. The van der Waals surface area contributed by atoms with E-state index in [-0.39, 0.29) is 5.78 Å². The van der Waals surface area contributed by atoms with Gasteiger partial charge in [0.2, 0.25) is 10.0 Å². The van der Waals surface area contributed by atoms with Crippen molar-refractivity contribution < 1.29 is 13.2 Å². The molecule has 0 radical (unpaired) electrons. The van der Waals surface area contributed by atoms with E-state index in [1.54, 1.807) is 42.5 Å². The van der Waals surface area contributed by atoms with Gasteiger partial charge >= 0.3 is 0 Å². The lowest BCUT2D eigenvalue weighted by molar-refractivity contribution is 0.0901. The van der Waals surface area contributed by atoms with Crippen LogP contribution in [0.2, 0.25) is 0 Å². The summed E-state index contributed by atoms with van der Waals surface area (Å²) in [7, 11) is -3.44. The highest BCUT2D eigenvalue weighted by molar-refractivity contribution is 7.89. The molecular formula is C18H20N2O3S. The molecule has 6 heteroatoms. The number of benzene rings is 2. The molecule has 24 heavy (non-hydrogen) atoms. The van der Waals surface area contributed by atoms with Crippen LogP contribution in [-0.4, -0.2) is 56.1 Å². The molecule has 126 valence electrons. The Morgan fingerprint density at radius 1 is 0.833 bits per heavy atom. The second kappa shape index (κ2) is 7.25. The molecule has 5 nitrogen and oxygen atoms in total. The van der Waals surface area contributed by atoms with E-state index in [0.29, 0.717) is 43.2 Å². The van der Waals surface area contributed by atoms with Gasteiger partial charge in [-0.1, -0.05) is 48.5 Å². The molecule has 1 heterocycles.